The fourth-order valence-electron chi connectivity index (χ4n) is 2.91. The number of hydrogen-bond donors (Lipinski definition) is 0. The van der Waals surface area contributed by atoms with Crippen molar-refractivity contribution in [3.8, 4) is 11.5 Å². The molecule has 0 saturated heterocycles. The predicted octanol–water partition coefficient (Wildman–Crippen LogP) is 4.31. The lowest BCUT2D eigenvalue weighted by atomic mass is 9.86. The van der Waals surface area contributed by atoms with Crippen LogP contribution in [0.15, 0.2) is 48.0 Å². The highest BCUT2D eigenvalue weighted by Crippen LogP contribution is 2.31. The van der Waals surface area contributed by atoms with Gasteiger partial charge in [-0.3, -0.25) is 4.79 Å². The summed E-state index contributed by atoms with van der Waals surface area (Å²) in [5.74, 6) is 1.53. The Hall–Kier alpha value is -2.55. The van der Waals surface area contributed by atoms with Crippen molar-refractivity contribution in [3.05, 3.63) is 64.7 Å². The van der Waals surface area contributed by atoms with E-state index in [2.05, 4.69) is 0 Å². The van der Waals surface area contributed by atoms with Crippen molar-refractivity contribution in [2.75, 3.05) is 13.7 Å². The standard InChI is InChI=1S/C20H20O3/c1-3-23-19-13-14(8-11-18(19)22-2)12-16-10-9-15-6-4-5-7-17(15)20(16)21/h4-8,11-13H,3,9-10H2,1-2H3/b16-12-. The zero-order valence-electron chi connectivity index (χ0n) is 13.5. The molecule has 23 heavy (non-hydrogen) atoms. The summed E-state index contributed by atoms with van der Waals surface area (Å²) in [6, 6.07) is 13.6. The summed E-state index contributed by atoms with van der Waals surface area (Å²) < 4.78 is 10.9. The molecule has 2 aromatic carbocycles. The van der Waals surface area contributed by atoms with E-state index in [1.807, 2.05) is 55.5 Å². The van der Waals surface area contributed by atoms with Crippen LogP contribution in [-0.4, -0.2) is 19.5 Å². The molecule has 0 amide bonds. The number of ketones is 1. The van der Waals surface area contributed by atoms with Gasteiger partial charge < -0.3 is 9.47 Å². The number of hydrogen-bond acceptors (Lipinski definition) is 3. The molecule has 3 heteroatoms. The molecule has 0 saturated carbocycles. The lowest BCUT2D eigenvalue weighted by Gasteiger charge is -2.17. The third kappa shape index (κ3) is 3.14. The summed E-state index contributed by atoms with van der Waals surface area (Å²) >= 11 is 0. The van der Waals surface area contributed by atoms with E-state index in [0.29, 0.717) is 18.1 Å². The van der Waals surface area contributed by atoms with E-state index in [-0.39, 0.29) is 5.78 Å². The molecule has 0 atom stereocenters. The van der Waals surface area contributed by atoms with Crippen molar-refractivity contribution in [3.63, 3.8) is 0 Å². The van der Waals surface area contributed by atoms with Crippen molar-refractivity contribution in [2.24, 2.45) is 0 Å². The molecule has 1 aliphatic carbocycles. The lowest BCUT2D eigenvalue weighted by molar-refractivity contribution is 0.102. The fraction of sp³-hybridized carbons (Fsp3) is 0.250. The fourth-order valence-corrected chi connectivity index (χ4v) is 2.91. The van der Waals surface area contributed by atoms with Gasteiger partial charge in [-0.2, -0.15) is 0 Å². The highest BCUT2D eigenvalue weighted by atomic mass is 16.5. The summed E-state index contributed by atoms with van der Waals surface area (Å²) in [4.78, 5) is 12.6. The molecule has 0 radical (unpaired) electrons. The number of fused-ring (bicyclic) bond motifs is 1. The van der Waals surface area contributed by atoms with E-state index in [1.54, 1.807) is 7.11 Å². The van der Waals surface area contributed by atoms with Gasteiger partial charge in [-0.25, -0.2) is 0 Å². The van der Waals surface area contributed by atoms with Crippen molar-refractivity contribution in [2.45, 2.75) is 19.8 Å². The van der Waals surface area contributed by atoms with Gasteiger partial charge in [0.1, 0.15) is 0 Å². The highest BCUT2D eigenvalue weighted by Gasteiger charge is 2.21. The minimum atomic E-state index is 0.126. The second-order valence-electron chi connectivity index (χ2n) is 5.50. The SMILES string of the molecule is CCOc1cc(/C=C2/CCc3ccccc3C2=O)ccc1OC. The van der Waals surface area contributed by atoms with Gasteiger partial charge in [-0.15, -0.1) is 0 Å². The average molecular weight is 308 g/mol. The second kappa shape index (κ2) is 6.69. The molecule has 0 bridgehead atoms. The van der Waals surface area contributed by atoms with Crippen LogP contribution in [0, 0.1) is 0 Å². The van der Waals surface area contributed by atoms with E-state index < -0.39 is 0 Å². The van der Waals surface area contributed by atoms with Crippen LogP contribution in [0.5, 0.6) is 11.5 Å². The van der Waals surface area contributed by atoms with Crippen LogP contribution in [-0.2, 0) is 6.42 Å². The van der Waals surface area contributed by atoms with Gasteiger partial charge in [0.15, 0.2) is 17.3 Å². The molecule has 0 aliphatic heterocycles. The maximum Gasteiger partial charge on any atom is 0.189 e. The van der Waals surface area contributed by atoms with Gasteiger partial charge in [0, 0.05) is 11.1 Å². The van der Waals surface area contributed by atoms with Crippen LogP contribution < -0.4 is 9.47 Å². The van der Waals surface area contributed by atoms with E-state index in [1.165, 1.54) is 0 Å². The van der Waals surface area contributed by atoms with Gasteiger partial charge in [0.05, 0.1) is 13.7 Å². The van der Waals surface area contributed by atoms with Crippen molar-refractivity contribution in [1.29, 1.82) is 0 Å². The maximum atomic E-state index is 12.6. The summed E-state index contributed by atoms with van der Waals surface area (Å²) in [7, 11) is 1.62. The Morgan fingerprint density at radius 1 is 1.09 bits per heavy atom. The molecule has 118 valence electrons. The zero-order chi connectivity index (χ0) is 16.2. The van der Waals surface area contributed by atoms with E-state index in [0.717, 1.165) is 35.1 Å². The van der Waals surface area contributed by atoms with Gasteiger partial charge >= 0.3 is 0 Å². The monoisotopic (exact) mass is 308 g/mol. The maximum absolute atomic E-state index is 12.6. The van der Waals surface area contributed by atoms with Gasteiger partial charge in [-0.05, 0) is 49.1 Å². The number of aryl methyl sites for hydroxylation is 1. The quantitative estimate of drug-likeness (QED) is 0.790. The minimum Gasteiger partial charge on any atom is -0.493 e. The number of carbonyl (C=O) groups is 1. The first kappa shape index (κ1) is 15.3. The Balaban J connectivity index is 1.93. The average Bonchev–Trinajstić information content (AvgIpc) is 2.58. The summed E-state index contributed by atoms with van der Waals surface area (Å²) in [5, 5.41) is 0. The Morgan fingerprint density at radius 3 is 2.70 bits per heavy atom. The molecular weight excluding hydrogens is 288 g/mol. The van der Waals surface area contributed by atoms with Crippen LogP contribution in [0.2, 0.25) is 0 Å². The molecule has 0 spiro atoms. The first-order chi connectivity index (χ1) is 11.2. The number of Topliss-reactive ketones (excluding diaryl/α,β-unsaturated/α-hetero) is 1. The molecule has 3 rings (SSSR count). The summed E-state index contributed by atoms with van der Waals surface area (Å²) in [6.45, 7) is 2.51. The van der Waals surface area contributed by atoms with Gasteiger partial charge in [0.2, 0.25) is 0 Å². The summed E-state index contributed by atoms with van der Waals surface area (Å²) in [6.07, 6.45) is 3.63. The van der Waals surface area contributed by atoms with E-state index >= 15 is 0 Å². The number of benzene rings is 2. The Morgan fingerprint density at radius 2 is 1.91 bits per heavy atom. The molecule has 0 fully saturated rings. The first-order valence-electron chi connectivity index (χ1n) is 7.87. The highest BCUT2D eigenvalue weighted by molar-refractivity contribution is 6.13. The molecule has 0 heterocycles. The second-order valence-corrected chi connectivity index (χ2v) is 5.50. The molecule has 0 unspecified atom stereocenters. The van der Waals surface area contributed by atoms with Crippen LogP contribution in [0.3, 0.4) is 0 Å². The van der Waals surface area contributed by atoms with Crippen LogP contribution >= 0.6 is 0 Å². The Bertz CT molecular complexity index is 759. The third-order valence-corrected chi connectivity index (χ3v) is 4.05. The zero-order valence-corrected chi connectivity index (χ0v) is 13.5. The van der Waals surface area contributed by atoms with Crippen molar-refractivity contribution >= 4 is 11.9 Å². The van der Waals surface area contributed by atoms with Crippen LogP contribution in [0.4, 0.5) is 0 Å². The largest absolute Gasteiger partial charge is 0.493 e. The van der Waals surface area contributed by atoms with Crippen LogP contribution in [0.25, 0.3) is 6.08 Å². The molecular formula is C20H20O3. The van der Waals surface area contributed by atoms with E-state index in [9.17, 15) is 4.79 Å². The number of carbonyl (C=O) groups excluding carboxylic acids is 1. The van der Waals surface area contributed by atoms with Crippen molar-refractivity contribution in [1.82, 2.24) is 0 Å². The number of ether oxygens (including phenoxy) is 2. The molecule has 2 aromatic rings. The van der Waals surface area contributed by atoms with Crippen molar-refractivity contribution < 1.29 is 14.3 Å². The van der Waals surface area contributed by atoms with Gasteiger partial charge in [-0.1, -0.05) is 30.3 Å². The Labute approximate surface area is 136 Å². The normalized spacial score (nSPS) is 15.4. The topological polar surface area (TPSA) is 35.5 Å². The number of methoxy groups -OCH3 is 1. The smallest absolute Gasteiger partial charge is 0.189 e. The molecule has 3 nitrogen and oxygen atoms in total. The number of rotatable bonds is 4. The molecule has 0 aromatic heterocycles. The van der Waals surface area contributed by atoms with E-state index in [4.69, 9.17) is 9.47 Å². The first-order valence-corrected chi connectivity index (χ1v) is 7.87. The van der Waals surface area contributed by atoms with Gasteiger partial charge in [0.25, 0.3) is 0 Å². The Kier molecular flexibility index (Phi) is 4.47. The lowest BCUT2D eigenvalue weighted by Crippen LogP contribution is -2.13. The predicted molar refractivity (Wildman–Crippen MR) is 91.2 cm³/mol. The third-order valence-electron chi connectivity index (χ3n) is 4.05. The molecule has 0 N–H and O–H groups in total. The van der Waals surface area contributed by atoms with Crippen LogP contribution in [0.1, 0.15) is 34.8 Å². The minimum absolute atomic E-state index is 0.126. The number of allylic oxidation sites excluding steroid dienone is 1. The summed E-state index contributed by atoms with van der Waals surface area (Å²) in [5.41, 5.74) is 3.76. The molecule has 1 aliphatic rings.